The van der Waals surface area contributed by atoms with Gasteiger partial charge in [-0.1, -0.05) is 0 Å². The number of carboxylic acid groups (broad SMARTS) is 1. The summed E-state index contributed by atoms with van der Waals surface area (Å²) in [5.41, 5.74) is -7.37. The maximum Gasteiger partial charge on any atom is 0.434 e. The van der Waals surface area contributed by atoms with Crippen molar-refractivity contribution in [2.75, 3.05) is 25.6 Å². The minimum absolute atomic E-state index is 0.112. The van der Waals surface area contributed by atoms with E-state index in [1.807, 2.05) is 0 Å². The number of nitrogens with zero attached hydrogens (tertiary/aromatic N) is 2. The Morgan fingerprint density at radius 1 is 1.20 bits per heavy atom. The molecule has 0 aliphatic heterocycles. The normalized spacial score (nSPS) is 12.0. The number of carbonyl (C=O) groups is 2. The molecule has 1 aromatic rings. The lowest BCUT2D eigenvalue weighted by Gasteiger charge is -2.26. The minimum atomic E-state index is -5.39. The molecule has 1 rings (SSSR count). The summed E-state index contributed by atoms with van der Waals surface area (Å²) in [4.78, 5) is 26.8. The number of carboxylic acids is 1. The number of rotatable bonds is 5. The van der Waals surface area contributed by atoms with Crippen LogP contribution in [-0.4, -0.2) is 42.7 Å². The number of aromatic carboxylic acids is 1. The number of halogens is 6. The second-order valence-corrected chi connectivity index (χ2v) is 5.19. The third kappa shape index (κ3) is 4.09. The molecule has 0 saturated heterocycles. The molecule has 140 valence electrons. The molecular weight excluding hydrogens is 379 g/mol. The van der Waals surface area contributed by atoms with Crippen LogP contribution in [0.1, 0.15) is 39.0 Å². The largest absolute Gasteiger partial charge is 0.478 e. The Bertz CT molecular complexity index is 703. The van der Waals surface area contributed by atoms with Crippen LogP contribution in [0.5, 0.6) is 0 Å². The van der Waals surface area contributed by atoms with Crippen LogP contribution < -0.4 is 4.90 Å². The van der Waals surface area contributed by atoms with Crippen molar-refractivity contribution in [2.24, 2.45) is 0 Å². The quantitative estimate of drug-likeness (QED) is 0.472. The molecule has 1 N–H and O–H groups in total. The Morgan fingerprint density at radius 3 is 2.04 bits per heavy atom. The number of methoxy groups -OCH3 is 1. The highest BCUT2D eigenvalue weighted by molar-refractivity contribution is 6.22. The molecule has 0 aromatic carbocycles. The molecule has 0 bridgehead atoms. The average molecular weight is 391 g/mol. The minimum Gasteiger partial charge on any atom is -0.478 e. The summed E-state index contributed by atoms with van der Waals surface area (Å²) in [7, 11) is 1.90. The van der Waals surface area contributed by atoms with Gasteiger partial charge in [-0.2, -0.15) is 22.0 Å². The first-order valence-electron chi connectivity index (χ1n) is 6.52. The molecule has 0 amide bonds. The Morgan fingerprint density at radius 2 is 1.72 bits per heavy atom. The van der Waals surface area contributed by atoms with Crippen molar-refractivity contribution < 1.29 is 41.4 Å². The third-order valence-electron chi connectivity index (χ3n) is 3.17. The van der Waals surface area contributed by atoms with E-state index in [-0.39, 0.29) is 6.54 Å². The van der Waals surface area contributed by atoms with Gasteiger partial charge in [-0.15, -0.1) is 0 Å². The number of ether oxygens (including phenoxy) is 1. The summed E-state index contributed by atoms with van der Waals surface area (Å²) in [5.74, 6) is -3.61. The van der Waals surface area contributed by atoms with Gasteiger partial charge < -0.3 is 14.7 Å². The molecule has 0 aliphatic rings. The second-order valence-electron chi connectivity index (χ2n) is 4.71. The van der Waals surface area contributed by atoms with Crippen molar-refractivity contribution in [3.63, 3.8) is 0 Å². The highest BCUT2D eigenvalue weighted by atomic mass is 35.5. The van der Waals surface area contributed by atoms with E-state index < -0.39 is 51.7 Å². The number of hydrogen-bond acceptors (Lipinski definition) is 5. The SMILES string of the molecule is CCN(C)c1c(C(=O)O)c(C(F)(F)F)nc(C(F)(F)Cl)c1C(=O)OC. The average Bonchev–Trinajstić information content (AvgIpc) is 2.49. The van der Waals surface area contributed by atoms with Crippen molar-refractivity contribution in [3.8, 4) is 0 Å². The van der Waals surface area contributed by atoms with Crippen molar-refractivity contribution >= 4 is 29.2 Å². The van der Waals surface area contributed by atoms with Gasteiger partial charge in [0.1, 0.15) is 16.8 Å². The van der Waals surface area contributed by atoms with Gasteiger partial charge in [-0.05, 0) is 18.5 Å². The molecular formula is C13H12ClF5N2O4. The van der Waals surface area contributed by atoms with Crippen LogP contribution in [0.3, 0.4) is 0 Å². The molecule has 0 atom stereocenters. The standard InChI is InChI=1S/C13H12ClF5N2O4/c1-4-21(2)7-5(10(22)23)9(13(17,18)19)20-8(12(14,15)16)6(7)11(24)25-3/h4H2,1-3H3,(H,22,23). The third-order valence-corrected chi connectivity index (χ3v) is 3.35. The number of esters is 1. The lowest BCUT2D eigenvalue weighted by molar-refractivity contribution is -0.142. The number of alkyl halides is 6. The smallest absolute Gasteiger partial charge is 0.434 e. The van der Waals surface area contributed by atoms with Crippen LogP contribution >= 0.6 is 11.6 Å². The van der Waals surface area contributed by atoms with E-state index in [2.05, 4.69) is 9.72 Å². The zero-order chi connectivity index (χ0) is 19.7. The Kier molecular flexibility index (Phi) is 5.83. The molecule has 25 heavy (non-hydrogen) atoms. The molecule has 0 fully saturated rings. The Labute approximate surface area is 143 Å². The van der Waals surface area contributed by atoms with Gasteiger partial charge in [0.25, 0.3) is 0 Å². The van der Waals surface area contributed by atoms with E-state index >= 15 is 0 Å². The first-order valence-corrected chi connectivity index (χ1v) is 6.90. The highest BCUT2D eigenvalue weighted by Gasteiger charge is 2.46. The van der Waals surface area contributed by atoms with Crippen molar-refractivity contribution in [1.29, 1.82) is 0 Å². The number of aromatic nitrogens is 1. The summed E-state index contributed by atoms with van der Waals surface area (Å²) < 4.78 is 71.1. The van der Waals surface area contributed by atoms with Gasteiger partial charge in [0, 0.05) is 13.6 Å². The first-order chi connectivity index (χ1) is 11.3. The predicted molar refractivity (Wildman–Crippen MR) is 76.2 cm³/mol. The van der Waals surface area contributed by atoms with Gasteiger partial charge >= 0.3 is 23.5 Å². The monoisotopic (exact) mass is 390 g/mol. The fraction of sp³-hybridized carbons (Fsp3) is 0.462. The number of anilines is 1. The van der Waals surface area contributed by atoms with E-state index in [1.54, 1.807) is 0 Å². The second kappa shape index (κ2) is 6.98. The zero-order valence-electron chi connectivity index (χ0n) is 13.0. The summed E-state index contributed by atoms with van der Waals surface area (Å²) in [6, 6.07) is 0. The number of pyridine rings is 1. The molecule has 0 unspecified atom stereocenters. The summed E-state index contributed by atoms with van der Waals surface area (Å²) in [6.07, 6.45) is -5.39. The molecule has 0 spiro atoms. The number of carbonyl (C=O) groups excluding carboxylic acids is 1. The molecule has 0 saturated carbocycles. The molecule has 0 aliphatic carbocycles. The van der Waals surface area contributed by atoms with E-state index in [0.29, 0.717) is 0 Å². The predicted octanol–water partition coefficient (Wildman–Crippen LogP) is 3.33. The van der Waals surface area contributed by atoms with E-state index in [0.717, 1.165) is 19.1 Å². The van der Waals surface area contributed by atoms with Gasteiger partial charge in [-0.25, -0.2) is 14.6 Å². The zero-order valence-corrected chi connectivity index (χ0v) is 13.8. The van der Waals surface area contributed by atoms with Crippen LogP contribution in [-0.2, 0) is 16.3 Å². The molecule has 6 nitrogen and oxygen atoms in total. The topological polar surface area (TPSA) is 79.7 Å². The molecule has 1 aromatic heterocycles. The van der Waals surface area contributed by atoms with Crippen LogP contribution in [0.25, 0.3) is 0 Å². The van der Waals surface area contributed by atoms with E-state index in [9.17, 15) is 36.6 Å². The fourth-order valence-corrected chi connectivity index (χ4v) is 2.16. The Balaban J connectivity index is 4.21. The maximum absolute atomic E-state index is 13.6. The Hall–Kier alpha value is -2.17. The van der Waals surface area contributed by atoms with Crippen LogP contribution in [0.4, 0.5) is 27.6 Å². The first kappa shape index (κ1) is 20.9. The van der Waals surface area contributed by atoms with Crippen molar-refractivity contribution in [2.45, 2.75) is 18.5 Å². The molecule has 12 heteroatoms. The van der Waals surface area contributed by atoms with Crippen LogP contribution in [0.2, 0.25) is 0 Å². The van der Waals surface area contributed by atoms with Crippen LogP contribution in [0, 0.1) is 0 Å². The van der Waals surface area contributed by atoms with Gasteiger partial charge in [-0.3, -0.25) is 0 Å². The van der Waals surface area contributed by atoms with Crippen LogP contribution in [0.15, 0.2) is 0 Å². The van der Waals surface area contributed by atoms with Crippen molar-refractivity contribution in [1.82, 2.24) is 4.98 Å². The van der Waals surface area contributed by atoms with Gasteiger partial charge in [0.15, 0.2) is 5.69 Å². The lowest BCUT2D eigenvalue weighted by Crippen LogP contribution is -2.30. The summed E-state index contributed by atoms with van der Waals surface area (Å²) >= 11 is 4.80. The molecule has 1 heterocycles. The summed E-state index contributed by atoms with van der Waals surface area (Å²) in [5, 5.41) is 4.71. The maximum atomic E-state index is 13.6. The lowest BCUT2D eigenvalue weighted by atomic mass is 10.0. The number of hydrogen-bond donors (Lipinski definition) is 1. The summed E-state index contributed by atoms with van der Waals surface area (Å²) in [6.45, 7) is 1.29. The van der Waals surface area contributed by atoms with Gasteiger partial charge in [0.2, 0.25) is 0 Å². The van der Waals surface area contributed by atoms with E-state index in [1.165, 1.54) is 6.92 Å². The van der Waals surface area contributed by atoms with Gasteiger partial charge in [0.05, 0.1) is 12.8 Å². The van der Waals surface area contributed by atoms with E-state index in [4.69, 9.17) is 11.6 Å². The van der Waals surface area contributed by atoms with Crippen molar-refractivity contribution in [3.05, 3.63) is 22.5 Å². The fourth-order valence-electron chi connectivity index (χ4n) is 2.02. The molecule has 0 radical (unpaired) electrons. The highest BCUT2D eigenvalue weighted by Crippen LogP contribution is 2.43.